The van der Waals surface area contributed by atoms with Crippen molar-refractivity contribution in [2.45, 2.75) is 13.5 Å². The number of amides is 1. The highest BCUT2D eigenvalue weighted by Gasteiger charge is 2.21. The second-order valence-electron chi connectivity index (χ2n) is 4.89. The van der Waals surface area contributed by atoms with Gasteiger partial charge in [-0.1, -0.05) is 0 Å². The first-order valence-electron chi connectivity index (χ1n) is 6.48. The lowest BCUT2D eigenvalue weighted by atomic mass is 10.1. The number of furan rings is 1. The minimum absolute atomic E-state index is 0.227. The number of H-pyrrole nitrogens is 1. The lowest BCUT2D eigenvalue weighted by molar-refractivity contribution is 0.0751. The summed E-state index contributed by atoms with van der Waals surface area (Å²) in [6, 6.07) is 4.21. The highest BCUT2D eigenvalue weighted by atomic mass is 19.1. The van der Waals surface area contributed by atoms with Crippen molar-refractivity contribution in [3.05, 3.63) is 53.6 Å². The molecule has 0 aliphatic carbocycles. The van der Waals surface area contributed by atoms with Gasteiger partial charge in [0.2, 0.25) is 0 Å². The molecule has 1 amide bonds. The number of aromatic amines is 1. The van der Waals surface area contributed by atoms with E-state index in [4.69, 9.17) is 4.42 Å². The van der Waals surface area contributed by atoms with Crippen molar-refractivity contribution in [3.8, 4) is 0 Å². The number of benzene rings is 1. The Balaban J connectivity index is 1.92. The quantitative estimate of drug-likeness (QED) is 0.805. The van der Waals surface area contributed by atoms with E-state index in [1.165, 1.54) is 23.1 Å². The molecule has 5 nitrogen and oxygen atoms in total. The van der Waals surface area contributed by atoms with Gasteiger partial charge in [0.15, 0.2) is 5.76 Å². The predicted octanol–water partition coefficient (Wildman–Crippen LogP) is 2.88. The van der Waals surface area contributed by atoms with E-state index in [1.807, 2.05) is 0 Å². The van der Waals surface area contributed by atoms with Gasteiger partial charge in [0, 0.05) is 30.4 Å². The van der Waals surface area contributed by atoms with Gasteiger partial charge in [-0.15, -0.1) is 0 Å². The summed E-state index contributed by atoms with van der Waals surface area (Å²) in [4.78, 5) is 21.0. The maximum absolute atomic E-state index is 13.3. The van der Waals surface area contributed by atoms with E-state index in [0.29, 0.717) is 28.9 Å². The Labute approximate surface area is 120 Å². The molecular weight excluding hydrogens is 273 g/mol. The molecule has 0 saturated carbocycles. The molecule has 1 N–H and O–H groups in total. The van der Waals surface area contributed by atoms with Crippen molar-refractivity contribution in [1.82, 2.24) is 14.9 Å². The molecule has 0 fully saturated rings. The van der Waals surface area contributed by atoms with Crippen molar-refractivity contribution in [2.75, 3.05) is 7.05 Å². The van der Waals surface area contributed by atoms with E-state index in [2.05, 4.69) is 9.97 Å². The molecule has 0 aliphatic heterocycles. The third-order valence-electron chi connectivity index (χ3n) is 3.38. The van der Waals surface area contributed by atoms with Gasteiger partial charge >= 0.3 is 0 Å². The van der Waals surface area contributed by atoms with E-state index in [0.717, 1.165) is 0 Å². The first-order valence-corrected chi connectivity index (χ1v) is 6.48. The van der Waals surface area contributed by atoms with Gasteiger partial charge in [0.25, 0.3) is 5.91 Å². The van der Waals surface area contributed by atoms with Gasteiger partial charge in [0.05, 0.1) is 6.54 Å². The van der Waals surface area contributed by atoms with Crippen LogP contribution in [0.4, 0.5) is 4.39 Å². The third-order valence-corrected chi connectivity index (χ3v) is 3.38. The van der Waals surface area contributed by atoms with Crippen LogP contribution in [0.5, 0.6) is 0 Å². The van der Waals surface area contributed by atoms with E-state index < -0.39 is 0 Å². The van der Waals surface area contributed by atoms with Crippen LogP contribution in [0.25, 0.3) is 11.0 Å². The summed E-state index contributed by atoms with van der Waals surface area (Å²) in [5, 5.41) is 0.616. The zero-order valence-corrected chi connectivity index (χ0v) is 11.7. The van der Waals surface area contributed by atoms with E-state index in [9.17, 15) is 9.18 Å². The standard InChI is InChI=1S/C15H14FN3O2/c1-9-11-7-10(16)3-4-12(11)21-14(9)15(20)19(2)8-13-17-5-6-18-13/h3-7H,8H2,1-2H3,(H,17,18). The molecule has 0 bridgehead atoms. The molecule has 0 radical (unpaired) electrons. The van der Waals surface area contributed by atoms with Gasteiger partial charge in [-0.25, -0.2) is 9.37 Å². The lowest BCUT2D eigenvalue weighted by Gasteiger charge is -2.14. The summed E-state index contributed by atoms with van der Waals surface area (Å²) in [6.07, 6.45) is 3.33. The first kappa shape index (κ1) is 13.4. The van der Waals surface area contributed by atoms with Gasteiger partial charge in [-0.2, -0.15) is 0 Å². The maximum Gasteiger partial charge on any atom is 0.290 e. The molecule has 0 unspecified atom stereocenters. The summed E-state index contributed by atoms with van der Waals surface area (Å²) < 4.78 is 18.9. The van der Waals surface area contributed by atoms with Crippen LogP contribution < -0.4 is 0 Å². The monoisotopic (exact) mass is 287 g/mol. The number of aryl methyl sites for hydroxylation is 1. The number of hydrogen-bond acceptors (Lipinski definition) is 3. The van der Waals surface area contributed by atoms with Crippen LogP contribution in [0.2, 0.25) is 0 Å². The molecule has 108 valence electrons. The highest BCUT2D eigenvalue weighted by Crippen LogP contribution is 2.26. The number of nitrogens with zero attached hydrogens (tertiary/aromatic N) is 2. The van der Waals surface area contributed by atoms with Crippen LogP contribution in [-0.4, -0.2) is 27.8 Å². The zero-order valence-electron chi connectivity index (χ0n) is 11.7. The van der Waals surface area contributed by atoms with Crippen LogP contribution in [0.1, 0.15) is 21.9 Å². The minimum atomic E-state index is -0.352. The number of fused-ring (bicyclic) bond motifs is 1. The van der Waals surface area contributed by atoms with Crippen LogP contribution in [-0.2, 0) is 6.54 Å². The van der Waals surface area contributed by atoms with Crippen LogP contribution >= 0.6 is 0 Å². The smallest absolute Gasteiger partial charge is 0.290 e. The topological polar surface area (TPSA) is 62.1 Å². The SMILES string of the molecule is Cc1c(C(=O)N(C)Cc2ncc[nH]2)oc2ccc(F)cc12. The summed E-state index contributed by atoms with van der Waals surface area (Å²) in [6.45, 7) is 2.09. The Hall–Kier alpha value is -2.63. The normalized spacial score (nSPS) is 11.0. The Morgan fingerprint density at radius 3 is 3.00 bits per heavy atom. The number of nitrogens with one attached hydrogen (secondary N) is 1. The van der Waals surface area contributed by atoms with E-state index >= 15 is 0 Å². The van der Waals surface area contributed by atoms with Crippen LogP contribution in [0.15, 0.2) is 35.0 Å². The fraction of sp³-hybridized carbons (Fsp3) is 0.200. The second kappa shape index (κ2) is 5.05. The van der Waals surface area contributed by atoms with Crippen LogP contribution in [0, 0.1) is 12.7 Å². The molecule has 6 heteroatoms. The number of carbonyl (C=O) groups excluding carboxylic acids is 1. The molecule has 0 atom stereocenters. The van der Waals surface area contributed by atoms with Crippen molar-refractivity contribution >= 4 is 16.9 Å². The summed E-state index contributed by atoms with van der Waals surface area (Å²) in [5.74, 6) is 0.296. The van der Waals surface area contributed by atoms with Gasteiger partial charge in [-0.05, 0) is 25.1 Å². The number of aromatic nitrogens is 2. The average molecular weight is 287 g/mol. The molecule has 3 aromatic rings. The zero-order chi connectivity index (χ0) is 15.0. The van der Waals surface area contributed by atoms with Gasteiger partial charge < -0.3 is 14.3 Å². The van der Waals surface area contributed by atoms with Crippen molar-refractivity contribution in [2.24, 2.45) is 0 Å². The Morgan fingerprint density at radius 1 is 1.48 bits per heavy atom. The molecular formula is C15H14FN3O2. The average Bonchev–Trinajstić information content (AvgIpc) is 3.07. The predicted molar refractivity (Wildman–Crippen MR) is 75.3 cm³/mol. The van der Waals surface area contributed by atoms with Crippen molar-refractivity contribution in [1.29, 1.82) is 0 Å². The lowest BCUT2D eigenvalue weighted by Crippen LogP contribution is -2.26. The molecule has 3 rings (SSSR count). The summed E-state index contributed by atoms with van der Waals surface area (Å²) in [7, 11) is 1.66. The fourth-order valence-corrected chi connectivity index (χ4v) is 2.25. The summed E-state index contributed by atoms with van der Waals surface area (Å²) >= 11 is 0. The molecule has 2 heterocycles. The molecule has 1 aromatic carbocycles. The molecule has 0 spiro atoms. The van der Waals surface area contributed by atoms with E-state index in [-0.39, 0.29) is 17.5 Å². The number of hydrogen-bond donors (Lipinski definition) is 1. The third kappa shape index (κ3) is 2.40. The Kier molecular flexibility index (Phi) is 3.21. The number of carbonyl (C=O) groups is 1. The Morgan fingerprint density at radius 2 is 2.29 bits per heavy atom. The molecule has 2 aromatic heterocycles. The summed E-state index contributed by atoms with van der Waals surface area (Å²) in [5.41, 5.74) is 1.14. The van der Waals surface area contributed by atoms with Gasteiger partial charge in [0.1, 0.15) is 17.2 Å². The number of halogens is 1. The van der Waals surface area contributed by atoms with Crippen molar-refractivity contribution in [3.63, 3.8) is 0 Å². The fourth-order valence-electron chi connectivity index (χ4n) is 2.25. The number of rotatable bonds is 3. The Bertz CT molecular complexity index is 793. The molecule has 0 saturated heterocycles. The highest BCUT2D eigenvalue weighted by molar-refractivity contribution is 5.98. The first-order chi connectivity index (χ1) is 10.1. The second-order valence-corrected chi connectivity index (χ2v) is 4.89. The van der Waals surface area contributed by atoms with E-state index in [1.54, 1.807) is 26.4 Å². The van der Waals surface area contributed by atoms with Gasteiger partial charge in [-0.3, -0.25) is 4.79 Å². The minimum Gasteiger partial charge on any atom is -0.451 e. The molecule has 21 heavy (non-hydrogen) atoms. The largest absolute Gasteiger partial charge is 0.451 e. The molecule has 0 aliphatic rings. The number of imidazole rings is 1. The van der Waals surface area contributed by atoms with Crippen LogP contribution in [0.3, 0.4) is 0 Å². The maximum atomic E-state index is 13.3. The van der Waals surface area contributed by atoms with Crippen molar-refractivity contribution < 1.29 is 13.6 Å².